The van der Waals surface area contributed by atoms with E-state index < -0.39 is 22.4 Å². The zero-order valence-electron chi connectivity index (χ0n) is 14.4. The highest BCUT2D eigenvalue weighted by Crippen LogP contribution is 2.33. The highest BCUT2D eigenvalue weighted by atomic mass is 16.7. The highest BCUT2D eigenvalue weighted by Gasteiger charge is 2.22. The summed E-state index contributed by atoms with van der Waals surface area (Å²) in [4.78, 5) is 32.7. The highest BCUT2D eigenvalue weighted by molar-refractivity contribution is 5.71. The first-order chi connectivity index (χ1) is 13.5. The van der Waals surface area contributed by atoms with Crippen molar-refractivity contribution in [2.45, 2.75) is 13.2 Å². The molecule has 1 aliphatic heterocycles. The fourth-order valence-corrected chi connectivity index (χ4v) is 2.56. The second-order valence-electron chi connectivity index (χ2n) is 5.64. The van der Waals surface area contributed by atoms with Gasteiger partial charge in [0.05, 0.1) is 16.5 Å². The fraction of sp³-hybridized carbons (Fsp3) is 0.235. The third kappa shape index (κ3) is 4.32. The van der Waals surface area contributed by atoms with Crippen LogP contribution in [-0.4, -0.2) is 29.2 Å². The Labute approximate surface area is 157 Å². The summed E-state index contributed by atoms with van der Waals surface area (Å²) in [5.41, 5.74) is 0.320. The predicted octanol–water partition coefficient (Wildman–Crippen LogP) is 2.49. The molecule has 0 saturated heterocycles. The van der Waals surface area contributed by atoms with E-state index in [0.717, 1.165) is 0 Å². The number of ether oxygens (including phenoxy) is 4. The number of non-ortho nitro benzene ring substituents is 1. The van der Waals surface area contributed by atoms with Crippen LogP contribution in [0, 0.1) is 20.2 Å². The van der Waals surface area contributed by atoms with E-state index >= 15 is 0 Å². The standard InChI is InChI=1S/C17H14N2O9/c20-16(9-26-15-4-2-1-3-14(15)19(23)24)27-8-12-6-13(18(21)22)5-11-7-25-10-28-17(11)12/h1-6H,7-10H2. The molecule has 0 unspecified atom stereocenters. The van der Waals surface area contributed by atoms with Crippen LogP contribution in [0.2, 0.25) is 0 Å². The molecule has 0 N–H and O–H groups in total. The Bertz CT molecular complexity index is 929. The summed E-state index contributed by atoms with van der Waals surface area (Å²) in [5, 5.41) is 22.0. The lowest BCUT2D eigenvalue weighted by Gasteiger charge is -2.20. The van der Waals surface area contributed by atoms with Gasteiger partial charge in [0.2, 0.25) is 0 Å². The minimum Gasteiger partial charge on any atom is -0.475 e. The van der Waals surface area contributed by atoms with Crippen molar-refractivity contribution < 1.29 is 33.6 Å². The molecule has 0 amide bonds. The van der Waals surface area contributed by atoms with Gasteiger partial charge in [-0.25, -0.2) is 4.79 Å². The summed E-state index contributed by atoms with van der Waals surface area (Å²) in [7, 11) is 0. The molecule has 11 heteroatoms. The zero-order valence-corrected chi connectivity index (χ0v) is 14.4. The normalized spacial score (nSPS) is 12.4. The summed E-state index contributed by atoms with van der Waals surface area (Å²) in [6.07, 6.45) is 0. The largest absolute Gasteiger partial charge is 0.475 e. The number of fused-ring (bicyclic) bond motifs is 1. The van der Waals surface area contributed by atoms with Gasteiger partial charge >= 0.3 is 11.7 Å². The quantitative estimate of drug-likeness (QED) is 0.396. The van der Waals surface area contributed by atoms with E-state index in [2.05, 4.69) is 0 Å². The minimum absolute atomic E-state index is 0.0213. The van der Waals surface area contributed by atoms with Crippen molar-refractivity contribution in [2.75, 3.05) is 13.4 Å². The average molecular weight is 390 g/mol. The Morgan fingerprint density at radius 3 is 2.68 bits per heavy atom. The molecule has 3 rings (SSSR count). The van der Waals surface area contributed by atoms with E-state index in [1.807, 2.05) is 0 Å². The average Bonchev–Trinajstić information content (AvgIpc) is 2.70. The van der Waals surface area contributed by atoms with E-state index in [0.29, 0.717) is 16.9 Å². The number of rotatable bonds is 7. The van der Waals surface area contributed by atoms with Crippen molar-refractivity contribution in [3.8, 4) is 11.5 Å². The number of carbonyl (C=O) groups excluding carboxylic acids is 1. The van der Waals surface area contributed by atoms with Gasteiger partial charge in [-0.05, 0) is 6.07 Å². The molecule has 0 bridgehead atoms. The Kier molecular flexibility index (Phi) is 5.65. The van der Waals surface area contributed by atoms with Gasteiger partial charge < -0.3 is 18.9 Å². The third-order valence-corrected chi connectivity index (χ3v) is 3.78. The van der Waals surface area contributed by atoms with Crippen molar-refractivity contribution in [1.82, 2.24) is 0 Å². The van der Waals surface area contributed by atoms with Crippen molar-refractivity contribution in [2.24, 2.45) is 0 Å². The van der Waals surface area contributed by atoms with E-state index in [1.165, 1.54) is 36.4 Å². The first-order valence-electron chi connectivity index (χ1n) is 7.98. The molecule has 0 fully saturated rings. The van der Waals surface area contributed by atoms with Crippen LogP contribution in [0.15, 0.2) is 36.4 Å². The van der Waals surface area contributed by atoms with Gasteiger partial charge in [0.25, 0.3) is 5.69 Å². The van der Waals surface area contributed by atoms with E-state index in [4.69, 9.17) is 18.9 Å². The van der Waals surface area contributed by atoms with Gasteiger partial charge in [-0.1, -0.05) is 12.1 Å². The van der Waals surface area contributed by atoms with Crippen LogP contribution in [0.1, 0.15) is 11.1 Å². The number of hydrogen-bond donors (Lipinski definition) is 0. The first-order valence-corrected chi connectivity index (χ1v) is 7.98. The molecule has 0 radical (unpaired) electrons. The molecule has 146 valence electrons. The number of para-hydroxylation sites is 2. The molecule has 0 saturated carbocycles. The molecule has 1 heterocycles. The maximum Gasteiger partial charge on any atom is 0.344 e. The molecule has 1 aliphatic rings. The van der Waals surface area contributed by atoms with E-state index in [9.17, 15) is 25.0 Å². The van der Waals surface area contributed by atoms with Crippen LogP contribution in [0.3, 0.4) is 0 Å². The summed E-state index contributed by atoms with van der Waals surface area (Å²) in [6, 6.07) is 8.18. The van der Waals surface area contributed by atoms with Crippen molar-refractivity contribution in [3.05, 3.63) is 67.8 Å². The van der Waals surface area contributed by atoms with Crippen molar-refractivity contribution >= 4 is 17.3 Å². The van der Waals surface area contributed by atoms with E-state index in [1.54, 1.807) is 0 Å². The van der Waals surface area contributed by atoms with Crippen LogP contribution >= 0.6 is 0 Å². The number of esters is 1. The fourth-order valence-electron chi connectivity index (χ4n) is 2.56. The number of carbonyl (C=O) groups is 1. The zero-order chi connectivity index (χ0) is 20.1. The number of nitro groups is 2. The third-order valence-electron chi connectivity index (χ3n) is 3.78. The van der Waals surface area contributed by atoms with Gasteiger partial charge in [-0.2, -0.15) is 0 Å². The predicted molar refractivity (Wildman–Crippen MR) is 91.8 cm³/mol. The van der Waals surface area contributed by atoms with Gasteiger partial charge in [0.15, 0.2) is 19.1 Å². The lowest BCUT2D eigenvalue weighted by atomic mass is 10.1. The SMILES string of the molecule is O=C(COc1ccccc1[N+](=O)[O-])OCc1cc([N+](=O)[O-])cc2c1OCOC2. The summed E-state index contributed by atoms with van der Waals surface area (Å²) >= 11 is 0. The topological polar surface area (TPSA) is 140 Å². The number of nitrogens with zero attached hydrogens (tertiary/aromatic N) is 2. The molecule has 0 spiro atoms. The Balaban J connectivity index is 1.66. The maximum absolute atomic E-state index is 11.9. The van der Waals surface area contributed by atoms with Gasteiger partial charge in [-0.3, -0.25) is 20.2 Å². The lowest BCUT2D eigenvalue weighted by Crippen LogP contribution is -2.17. The van der Waals surface area contributed by atoms with Gasteiger partial charge in [-0.15, -0.1) is 0 Å². The van der Waals surface area contributed by atoms with Crippen LogP contribution in [0.25, 0.3) is 0 Å². The summed E-state index contributed by atoms with van der Waals surface area (Å²) in [5.74, 6) is -0.507. The molecule has 0 atom stereocenters. The van der Waals surface area contributed by atoms with Crippen LogP contribution in [0.5, 0.6) is 11.5 Å². The second kappa shape index (κ2) is 8.31. The van der Waals surface area contributed by atoms with Gasteiger partial charge in [0.1, 0.15) is 12.4 Å². The molecule has 11 nitrogen and oxygen atoms in total. The number of benzene rings is 2. The monoisotopic (exact) mass is 390 g/mol. The molecule has 2 aromatic carbocycles. The van der Waals surface area contributed by atoms with Crippen LogP contribution in [-0.2, 0) is 27.5 Å². The van der Waals surface area contributed by atoms with E-state index in [-0.39, 0.29) is 37.1 Å². The maximum atomic E-state index is 11.9. The number of nitro benzene ring substituents is 2. The smallest absolute Gasteiger partial charge is 0.344 e. The minimum atomic E-state index is -0.800. The lowest BCUT2D eigenvalue weighted by molar-refractivity contribution is -0.385. The van der Waals surface area contributed by atoms with Gasteiger partial charge in [0, 0.05) is 29.3 Å². The van der Waals surface area contributed by atoms with Crippen LogP contribution in [0.4, 0.5) is 11.4 Å². The molecule has 2 aromatic rings. The first kappa shape index (κ1) is 19.0. The number of hydrogen-bond acceptors (Lipinski definition) is 9. The molecule has 28 heavy (non-hydrogen) atoms. The van der Waals surface area contributed by atoms with Crippen LogP contribution < -0.4 is 9.47 Å². The molecular formula is C17H14N2O9. The Hall–Kier alpha value is -3.73. The van der Waals surface area contributed by atoms with Crippen molar-refractivity contribution in [1.29, 1.82) is 0 Å². The Morgan fingerprint density at radius 2 is 1.93 bits per heavy atom. The molecular weight excluding hydrogens is 376 g/mol. The summed E-state index contributed by atoms with van der Waals surface area (Å²) in [6.45, 7) is -0.736. The molecule has 0 aliphatic carbocycles. The van der Waals surface area contributed by atoms with Crippen molar-refractivity contribution in [3.63, 3.8) is 0 Å². The second-order valence-corrected chi connectivity index (χ2v) is 5.64. The molecule has 0 aromatic heterocycles. The summed E-state index contributed by atoms with van der Waals surface area (Å²) < 4.78 is 20.7. The Morgan fingerprint density at radius 1 is 1.14 bits per heavy atom.